The van der Waals surface area contributed by atoms with E-state index >= 15 is 0 Å². The summed E-state index contributed by atoms with van der Waals surface area (Å²) in [6.45, 7) is 3.99. The number of nitrogens with zero attached hydrogens (tertiary/aromatic N) is 5. The zero-order chi connectivity index (χ0) is 23.4. The van der Waals surface area contributed by atoms with Gasteiger partial charge in [0.05, 0.1) is 5.56 Å². The zero-order valence-corrected chi connectivity index (χ0v) is 18.1. The lowest BCUT2D eigenvalue weighted by Gasteiger charge is -2.11. The standard InChI is InChI=1S/C24H21FN6O2/c1-15(2)31-14-27-30-23(31)20-4-3-5-22(28-20)29-24(33)18-12-16(6-7-19(18)25)13-21(32)17-8-10-26-11-9-17/h3-12,14-15H,13H2,1-2H3,(H,28,29,33). The van der Waals surface area contributed by atoms with Crippen molar-refractivity contribution >= 4 is 17.5 Å². The Morgan fingerprint density at radius 2 is 1.88 bits per heavy atom. The molecule has 0 atom stereocenters. The largest absolute Gasteiger partial charge is 0.310 e. The summed E-state index contributed by atoms with van der Waals surface area (Å²) < 4.78 is 16.3. The lowest BCUT2D eigenvalue weighted by molar-refractivity contribution is 0.0988. The first-order valence-electron chi connectivity index (χ1n) is 10.3. The number of Topliss-reactive ketones (excluding diaryl/α,β-unsaturated/α-hetero) is 1. The van der Waals surface area contributed by atoms with Gasteiger partial charge in [0.2, 0.25) is 0 Å². The van der Waals surface area contributed by atoms with E-state index in [-0.39, 0.29) is 29.6 Å². The van der Waals surface area contributed by atoms with Gasteiger partial charge in [-0.25, -0.2) is 9.37 Å². The summed E-state index contributed by atoms with van der Waals surface area (Å²) in [5.74, 6) is -0.708. The molecule has 0 unspecified atom stereocenters. The average Bonchev–Trinajstić information content (AvgIpc) is 3.31. The fourth-order valence-electron chi connectivity index (χ4n) is 3.30. The van der Waals surface area contributed by atoms with E-state index in [2.05, 4.69) is 25.5 Å². The first-order chi connectivity index (χ1) is 15.9. The normalized spacial score (nSPS) is 10.9. The topological polar surface area (TPSA) is 103 Å². The van der Waals surface area contributed by atoms with Crippen LogP contribution in [0.5, 0.6) is 0 Å². The van der Waals surface area contributed by atoms with Crippen molar-refractivity contribution in [2.45, 2.75) is 26.3 Å². The molecular weight excluding hydrogens is 423 g/mol. The summed E-state index contributed by atoms with van der Waals surface area (Å²) in [6, 6.07) is 12.5. The highest BCUT2D eigenvalue weighted by Gasteiger charge is 2.17. The third-order valence-corrected chi connectivity index (χ3v) is 4.99. The van der Waals surface area contributed by atoms with Crippen molar-refractivity contribution in [3.8, 4) is 11.5 Å². The van der Waals surface area contributed by atoms with E-state index in [0.29, 0.717) is 22.6 Å². The SMILES string of the molecule is CC(C)n1cnnc1-c1cccc(NC(=O)c2cc(CC(=O)c3ccncc3)ccc2F)n1. The Morgan fingerprint density at radius 3 is 2.64 bits per heavy atom. The van der Waals surface area contributed by atoms with Crippen molar-refractivity contribution in [1.82, 2.24) is 24.7 Å². The summed E-state index contributed by atoms with van der Waals surface area (Å²) in [4.78, 5) is 33.6. The number of benzene rings is 1. The number of halogens is 1. The van der Waals surface area contributed by atoms with Gasteiger partial charge in [-0.1, -0.05) is 12.1 Å². The van der Waals surface area contributed by atoms with Crippen LogP contribution in [-0.2, 0) is 6.42 Å². The minimum Gasteiger partial charge on any atom is -0.310 e. The van der Waals surface area contributed by atoms with E-state index in [1.807, 2.05) is 18.4 Å². The molecule has 1 aromatic carbocycles. The van der Waals surface area contributed by atoms with Crippen LogP contribution in [-0.4, -0.2) is 36.4 Å². The maximum atomic E-state index is 14.4. The van der Waals surface area contributed by atoms with E-state index in [9.17, 15) is 14.0 Å². The monoisotopic (exact) mass is 444 g/mol. The fraction of sp³-hybridized carbons (Fsp3) is 0.167. The molecule has 0 aliphatic rings. The number of aromatic nitrogens is 5. The second kappa shape index (κ2) is 9.47. The predicted molar refractivity (Wildman–Crippen MR) is 120 cm³/mol. The van der Waals surface area contributed by atoms with E-state index < -0.39 is 11.7 Å². The molecular formula is C24H21FN6O2. The van der Waals surface area contributed by atoms with Crippen LogP contribution >= 0.6 is 0 Å². The molecule has 3 heterocycles. The number of ketones is 1. The molecule has 9 heteroatoms. The third-order valence-electron chi connectivity index (χ3n) is 4.99. The minimum absolute atomic E-state index is 0.0309. The van der Waals surface area contributed by atoms with Crippen LogP contribution < -0.4 is 5.32 Å². The summed E-state index contributed by atoms with van der Waals surface area (Å²) in [6.07, 6.45) is 4.70. The van der Waals surface area contributed by atoms with Crippen LogP contribution in [0.25, 0.3) is 11.5 Å². The number of anilines is 1. The number of nitrogens with one attached hydrogen (secondary N) is 1. The van der Waals surface area contributed by atoms with Crippen LogP contribution in [0.15, 0.2) is 67.3 Å². The number of hydrogen-bond donors (Lipinski definition) is 1. The molecule has 0 aliphatic heterocycles. The zero-order valence-electron chi connectivity index (χ0n) is 18.1. The molecule has 0 aliphatic carbocycles. The van der Waals surface area contributed by atoms with Gasteiger partial charge >= 0.3 is 0 Å². The Hall–Kier alpha value is -4.27. The quantitative estimate of drug-likeness (QED) is 0.430. The fourth-order valence-corrected chi connectivity index (χ4v) is 3.30. The van der Waals surface area contributed by atoms with Crippen molar-refractivity contribution in [2.75, 3.05) is 5.32 Å². The summed E-state index contributed by atoms with van der Waals surface area (Å²) >= 11 is 0. The second-order valence-electron chi connectivity index (χ2n) is 7.67. The molecule has 0 saturated heterocycles. The van der Waals surface area contributed by atoms with Crippen LogP contribution in [0, 0.1) is 5.82 Å². The van der Waals surface area contributed by atoms with Crippen LogP contribution in [0.3, 0.4) is 0 Å². The predicted octanol–water partition coefficient (Wildman–Crippen LogP) is 4.13. The van der Waals surface area contributed by atoms with E-state index in [1.54, 1.807) is 36.7 Å². The Balaban J connectivity index is 1.54. The molecule has 0 spiro atoms. The molecule has 0 fully saturated rings. The smallest absolute Gasteiger partial charge is 0.259 e. The Labute approximate surface area is 189 Å². The first-order valence-corrected chi connectivity index (χ1v) is 10.3. The number of rotatable bonds is 7. The number of pyridine rings is 2. The Kier molecular flexibility index (Phi) is 6.30. The summed E-state index contributed by atoms with van der Waals surface area (Å²) in [7, 11) is 0. The number of carbonyl (C=O) groups excluding carboxylic acids is 2. The van der Waals surface area contributed by atoms with E-state index in [0.717, 1.165) is 0 Å². The van der Waals surface area contributed by atoms with Gasteiger partial charge in [-0.15, -0.1) is 10.2 Å². The lowest BCUT2D eigenvalue weighted by Crippen LogP contribution is -2.16. The maximum Gasteiger partial charge on any atom is 0.259 e. The summed E-state index contributed by atoms with van der Waals surface area (Å²) in [5, 5.41) is 10.7. The Bertz CT molecular complexity index is 1300. The molecule has 0 radical (unpaired) electrons. The molecule has 1 amide bonds. The molecule has 4 rings (SSSR count). The van der Waals surface area contributed by atoms with Crippen molar-refractivity contribution in [1.29, 1.82) is 0 Å². The third kappa shape index (κ3) is 4.98. The van der Waals surface area contributed by atoms with Gasteiger partial charge < -0.3 is 9.88 Å². The number of hydrogen-bond acceptors (Lipinski definition) is 6. The number of amides is 1. The van der Waals surface area contributed by atoms with Gasteiger partial charge in [-0.2, -0.15) is 0 Å². The van der Waals surface area contributed by atoms with Crippen LogP contribution in [0.1, 0.15) is 46.2 Å². The highest BCUT2D eigenvalue weighted by atomic mass is 19.1. The van der Waals surface area contributed by atoms with Crippen LogP contribution in [0.4, 0.5) is 10.2 Å². The van der Waals surface area contributed by atoms with Gasteiger partial charge in [0.1, 0.15) is 23.7 Å². The minimum atomic E-state index is -0.691. The van der Waals surface area contributed by atoms with E-state index in [4.69, 9.17) is 0 Å². The molecule has 3 aromatic heterocycles. The lowest BCUT2D eigenvalue weighted by atomic mass is 10.0. The maximum absolute atomic E-state index is 14.4. The molecule has 4 aromatic rings. The second-order valence-corrected chi connectivity index (χ2v) is 7.67. The van der Waals surface area contributed by atoms with Crippen LogP contribution in [0.2, 0.25) is 0 Å². The van der Waals surface area contributed by atoms with Gasteiger partial charge in [0.15, 0.2) is 11.6 Å². The van der Waals surface area contributed by atoms with Gasteiger partial charge in [-0.3, -0.25) is 14.6 Å². The first kappa shape index (κ1) is 21.9. The van der Waals surface area contributed by atoms with Gasteiger partial charge in [0, 0.05) is 30.4 Å². The molecule has 0 saturated carbocycles. The highest BCUT2D eigenvalue weighted by molar-refractivity contribution is 6.04. The van der Waals surface area contributed by atoms with Crippen molar-refractivity contribution < 1.29 is 14.0 Å². The number of carbonyl (C=O) groups is 2. The summed E-state index contributed by atoms with van der Waals surface area (Å²) in [5.41, 5.74) is 1.37. The van der Waals surface area contributed by atoms with Gasteiger partial charge in [0.25, 0.3) is 5.91 Å². The average molecular weight is 444 g/mol. The van der Waals surface area contributed by atoms with Crippen molar-refractivity contribution in [3.63, 3.8) is 0 Å². The van der Waals surface area contributed by atoms with Gasteiger partial charge in [-0.05, 0) is 55.8 Å². The highest BCUT2D eigenvalue weighted by Crippen LogP contribution is 2.21. The van der Waals surface area contributed by atoms with Crippen molar-refractivity contribution in [3.05, 3.63) is 89.8 Å². The molecule has 0 bridgehead atoms. The molecule has 33 heavy (non-hydrogen) atoms. The van der Waals surface area contributed by atoms with Crippen molar-refractivity contribution in [2.24, 2.45) is 0 Å². The molecule has 8 nitrogen and oxygen atoms in total. The molecule has 166 valence electrons. The molecule has 1 N–H and O–H groups in total. The van der Waals surface area contributed by atoms with E-state index in [1.165, 1.54) is 30.6 Å². The Morgan fingerprint density at radius 1 is 1.09 bits per heavy atom.